The smallest absolute Gasteiger partial charge is 0.248 e. The predicted octanol–water partition coefficient (Wildman–Crippen LogP) is 1.46. The number of rotatable bonds is 6. The highest BCUT2D eigenvalue weighted by Gasteiger charge is 2.36. The number of aromatic nitrogens is 2. The Morgan fingerprint density at radius 2 is 2.04 bits per heavy atom. The summed E-state index contributed by atoms with van der Waals surface area (Å²) in [5.41, 5.74) is 8.76. The molecule has 2 aromatic rings. The maximum Gasteiger partial charge on any atom is 0.248 e. The van der Waals surface area contributed by atoms with Crippen LogP contribution in [0.1, 0.15) is 40.9 Å². The van der Waals surface area contributed by atoms with Crippen LogP contribution in [0.25, 0.3) is 11.4 Å². The fourth-order valence-electron chi connectivity index (χ4n) is 3.76. The summed E-state index contributed by atoms with van der Waals surface area (Å²) >= 11 is 0. The Bertz CT molecular complexity index is 841. The van der Waals surface area contributed by atoms with Crippen molar-refractivity contribution < 1.29 is 9.90 Å². The number of hydrogen-bond acceptors (Lipinski definition) is 6. The van der Waals surface area contributed by atoms with Crippen LogP contribution in [0.2, 0.25) is 0 Å². The molecule has 1 aliphatic carbocycles. The Hall–Kier alpha value is -2.51. The number of aliphatic hydroxyl groups excluding tert-OH is 1. The summed E-state index contributed by atoms with van der Waals surface area (Å²) in [5.74, 6) is 1.03. The van der Waals surface area contributed by atoms with E-state index in [1.807, 2.05) is 12.1 Å². The van der Waals surface area contributed by atoms with Crippen molar-refractivity contribution in [3.63, 3.8) is 0 Å². The van der Waals surface area contributed by atoms with Gasteiger partial charge in [0.1, 0.15) is 5.82 Å². The molecule has 0 radical (unpaired) electrons. The van der Waals surface area contributed by atoms with E-state index >= 15 is 0 Å². The van der Waals surface area contributed by atoms with Crippen molar-refractivity contribution >= 4 is 11.7 Å². The van der Waals surface area contributed by atoms with Gasteiger partial charge in [-0.05, 0) is 37.9 Å². The maximum absolute atomic E-state index is 11.3. The van der Waals surface area contributed by atoms with E-state index in [-0.39, 0.29) is 12.0 Å². The minimum atomic E-state index is -0.450. The van der Waals surface area contributed by atoms with Gasteiger partial charge in [-0.25, -0.2) is 9.97 Å². The normalized spacial score (nSPS) is 17.7. The fourth-order valence-corrected chi connectivity index (χ4v) is 3.76. The van der Waals surface area contributed by atoms with Crippen LogP contribution in [0.5, 0.6) is 0 Å². The molecule has 0 unspecified atom stereocenters. The van der Waals surface area contributed by atoms with Crippen molar-refractivity contribution in [1.29, 1.82) is 0 Å². The topological polar surface area (TPSA) is 113 Å². The number of nitrogens with zero attached hydrogens (tertiary/aromatic N) is 2. The Morgan fingerprint density at radius 1 is 1.26 bits per heavy atom. The lowest BCUT2D eigenvalue weighted by Crippen LogP contribution is -2.40. The molecular formula is C20H25N5O2. The van der Waals surface area contributed by atoms with Gasteiger partial charge in [-0.2, -0.15) is 0 Å². The Kier molecular flexibility index (Phi) is 4.80. The number of anilines is 1. The van der Waals surface area contributed by atoms with Gasteiger partial charge in [0.25, 0.3) is 0 Å². The van der Waals surface area contributed by atoms with Gasteiger partial charge in [0.05, 0.1) is 12.3 Å². The van der Waals surface area contributed by atoms with E-state index in [2.05, 4.69) is 10.6 Å². The van der Waals surface area contributed by atoms with Crippen molar-refractivity contribution in [3.8, 4) is 11.4 Å². The van der Waals surface area contributed by atoms with Crippen LogP contribution in [0, 0.1) is 5.41 Å². The number of carbonyl (C=O) groups excluding carboxylic acids is 1. The molecule has 1 aromatic carbocycles. The third-order valence-electron chi connectivity index (χ3n) is 5.75. The highest BCUT2D eigenvalue weighted by molar-refractivity contribution is 5.93. The van der Waals surface area contributed by atoms with Gasteiger partial charge in [0, 0.05) is 35.2 Å². The molecule has 0 bridgehead atoms. The van der Waals surface area contributed by atoms with Crippen molar-refractivity contribution in [3.05, 3.63) is 41.1 Å². The number of benzene rings is 1. The molecule has 2 heterocycles. The molecular weight excluding hydrogens is 342 g/mol. The summed E-state index contributed by atoms with van der Waals surface area (Å²) in [6.45, 7) is 2.55. The number of fused-ring (bicyclic) bond motifs is 1. The first-order valence-electron chi connectivity index (χ1n) is 9.46. The fraction of sp³-hybridized carbons (Fsp3) is 0.450. The van der Waals surface area contributed by atoms with E-state index in [1.54, 1.807) is 12.1 Å². The average Bonchev–Trinajstić information content (AvgIpc) is 2.67. The third kappa shape index (κ3) is 3.52. The minimum Gasteiger partial charge on any atom is -0.396 e. The molecule has 1 aromatic heterocycles. The third-order valence-corrected chi connectivity index (χ3v) is 5.75. The maximum atomic E-state index is 11.3. The van der Waals surface area contributed by atoms with Crippen molar-refractivity contribution in [2.75, 3.05) is 25.0 Å². The number of carbonyl (C=O) groups is 1. The van der Waals surface area contributed by atoms with E-state index in [1.165, 1.54) is 6.42 Å². The lowest BCUT2D eigenvalue weighted by molar-refractivity contribution is 0.0575. The van der Waals surface area contributed by atoms with Gasteiger partial charge in [-0.15, -0.1) is 0 Å². The number of primary amides is 1. The van der Waals surface area contributed by atoms with Crippen LogP contribution < -0.4 is 16.4 Å². The standard InChI is InChI=1S/C20H25N5O2/c21-17(27)13-2-4-14(5-3-13)18-24-16-10-22-9-6-15(16)19(25-18)23-11-20(12-26)7-1-8-20/h2-5,22,26H,1,6-12H2,(H2,21,27)(H,23,24,25). The molecule has 1 aliphatic heterocycles. The molecule has 1 fully saturated rings. The molecule has 142 valence electrons. The summed E-state index contributed by atoms with van der Waals surface area (Å²) in [7, 11) is 0. The quantitative estimate of drug-likeness (QED) is 0.615. The monoisotopic (exact) mass is 367 g/mol. The summed E-state index contributed by atoms with van der Waals surface area (Å²) in [4.78, 5) is 20.8. The van der Waals surface area contributed by atoms with Gasteiger partial charge in [-0.3, -0.25) is 4.79 Å². The summed E-state index contributed by atoms with van der Waals surface area (Å²) in [6, 6.07) is 7.04. The largest absolute Gasteiger partial charge is 0.396 e. The minimum absolute atomic E-state index is 0.0198. The van der Waals surface area contributed by atoms with Gasteiger partial charge < -0.3 is 21.5 Å². The molecule has 0 atom stereocenters. The van der Waals surface area contributed by atoms with E-state index < -0.39 is 5.91 Å². The first kappa shape index (κ1) is 17.9. The SMILES string of the molecule is NC(=O)c1ccc(-c2nc3c(c(NCC4(CO)CCC4)n2)CCNC3)cc1. The molecule has 0 spiro atoms. The molecule has 27 heavy (non-hydrogen) atoms. The molecule has 0 saturated heterocycles. The number of amides is 1. The lowest BCUT2D eigenvalue weighted by Gasteiger charge is -2.40. The van der Waals surface area contributed by atoms with E-state index in [0.29, 0.717) is 17.9 Å². The molecule has 2 aliphatic rings. The zero-order chi connectivity index (χ0) is 18.9. The van der Waals surface area contributed by atoms with Crippen molar-refractivity contribution in [2.24, 2.45) is 11.1 Å². The zero-order valence-electron chi connectivity index (χ0n) is 15.3. The molecule has 1 amide bonds. The first-order chi connectivity index (χ1) is 13.1. The Morgan fingerprint density at radius 3 is 2.67 bits per heavy atom. The van der Waals surface area contributed by atoms with Crippen LogP contribution in [0.15, 0.2) is 24.3 Å². The molecule has 1 saturated carbocycles. The van der Waals surface area contributed by atoms with E-state index in [0.717, 1.165) is 55.0 Å². The number of aliphatic hydroxyl groups is 1. The molecule has 7 nitrogen and oxygen atoms in total. The van der Waals surface area contributed by atoms with E-state index in [4.69, 9.17) is 15.7 Å². The average molecular weight is 367 g/mol. The Labute approximate surface area is 158 Å². The van der Waals surface area contributed by atoms with Crippen molar-refractivity contribution in [2.45, 2.75) is 32.2 Å². The van der Waals surface area contributed by atoms with Crippen LogP contribution in [-0.2, 0) is 13.0 Å². The lowest BCUT2D eigenvalue weighted by atomic mass is 9.69. The van der Waals surface area contributed by atoms with Crippen LogP contribution in [-0.4, -0.2) is 40.7 Å². The van der Waals surface area contributed by atoms with Crippen LogP contribution >= 0.6 is 0 Å². The Balaban J connectivity index is 1.65. The second kappa shape index (κ2) is 7.25. The summed E-state index contributed by atoms with van der Waals surface area (Å²) < 4.78 is 0. The summed E-state index contributed by atoms with van der Waals surface area (Å²) in [6.07, 6.45) is 4.15. The highest BCUT2D eigenvalue weighted by atomic mass is 16.3. The number of nitrogens with one attached hydrogen (secondary N) is 2. The second-order valence-corrected chi connectivity index (χ2v) is 7.55. The molecule has 7 heteroatoms. The van der Waals surface area contributed by atoms with Gasteiger partial charge >= 0.3 is 0 Å². The summed E-state index contributed by atoms with van der Waals surface area (Å²) in [5, 5.41) is 16.6. The number of nitrogens with two attached hydrogens (primary N) is 1. The van der Waals surface area contributed by atoms with Crippen LogP contribution in [0.3, 0.4) is 0 Å². The van der Waals surface area contributed by atoms with Gasteiger partial charge in [-0.1, -0.05) is 18.6 Å². The number of hydrogen-bond donors (Lipinski definition) is 4. The second-order valence-electron chi connectivity index (χ2n) is 7.55. The van der Waals surface area contributed by atoms with Gasteiger partial charge in [0.2, 0.25) is 5.91 Å². The zero-order valence-corrected chi connectivity index (χ0v) is 15.3. The van der Waals surface area contributed by atoms with Crippen molar-refractivity contribution in [1.82, 2.24) is 15.3 Å². The molecule has 5 N–H and O–H groups in total. The van der Waals surface area contributed by atoms with Crippen LogP contribution in [0.4, 0.5) is 5.82 Å². The van der Waals surface area contributed by atoms with E-state index in [9.17, 15) is 9.90 Å². The molecule has 4 rings (SSSR count). The first-order valence-corrected chi connectivity index (χ1v) is 9.46. The highest BCUT2D eigenvalue weighted by Crippen LogP contribution is 2.40. The predicted molar refractivity (Wildman–Crippen MR) is 103 cm³/mol. The van der Waals surface area contributed by atoms with Gasteiger partial charge in [0.15, 0.2) is 5.82 Å².